The van der Waals surface area contributed by atoms with Gasteiger partial charge in [-0.15, -0.1) is 0 Å². The summed E-state index contributed by atoms with van der Waals surface area (Å²) in [5, 5.41) is 7.55. The van der Waals surface area contributed by atoms with Crippen molar-refractivity contribution in [2.45, 2.75) is 32.4 Å². The molecule has 1 aromatic heterocycles. The van der Waals surface area contributed by atoms with Gasteiger partial charge in [-0.05, 0) is 80.4 Å². The average Bonchev–Trinajstić information content (AvgIpc) is 3.09. The fraction of sp³-hybridized carbons (Fsp3) is 0.258. The lowest BCUT2D eigenvalue weighted by atomic mass is 10.0. The number of carbonyl (C=O) groups is 1. The first-order valence-electron chi connectivity index (χ1n) is 13.6. The first-order chi connectivity index (χ1) is 19.8. The van der Waals surface area contributed by atoms with E-state index in [1.54, 1.807) is 30.5 Å². The molecule has 0 spiro atoms. The molecule has 0 saturated carbocycles. The van der Waals surface area contributed by atoms with Crippen LogP contribution in [0.15, 0.2) is 66.9 Å². The third kappa shape index (κ3) is 5.60. The van der Waals surface area contributed by atoms with Crippen molar-refractivity contribution in [1.82, 2.24) is 20.2 Å². The lowest BCUT2D eigenvalue weighted by Crippen LogP contribution is -2.55. The molecule has 2 aliphatic rings. The van der Waals surface area contributed by atoms with Gasteiger partial charge in [0.2, 0.25) is 5.95 Å². The molecule has 2 atom stereocenters. The van der Waals surface area contributed by atoms with Gasteiger partial charge in [0.25, 0.3) is 5.91 Å². The SMILES string of the molecule is CC1CN(C(=O)c2ccc(Nc3ncc4c(n3)-c3ccc(Cl)cc3N(c3c(F)cccc3Cl)CC4)cc2)CC(C)N1. The maximum absolute atomic E-state index is 15.0. The van der Waals surface area contributed by atoms with Crippen molar-refractivity contribution in [2.75, 3.05) is 29.9 Å². The summed E-state index contributed by atoms with van der Waals surface area (Å²) in [5.41, 5.74) is 4.87. The van der Waals surface area contributed by atoms with Gasteiger partial charge in [0, 0.05) is 59.8 Å². The number of amides is 1. The Bertz CT molecular complexity index is 1580. The van der Waals surface area contributed by atoms with Crippen molar-refractivity contribution in [3.63, 3.8) is 0 Å². The molecule has 3 aromatic carbocycles. The number of benzene rings is 3. The number of anilines is 4. The number of hydrogen-bond donors (Lipinski definition) is 2. The highest BCUT2D eigenvalue weighted by Crippen LogP contribution is 2.43. The van der Waals surface area contributed by atoms with E-state index in [1.807, 2.05) is 40.1 Å². The van der Waals surface area contributed by atoms with Gasteiger partial charge in [0.05, 0.1) is 22.1 Å². The Kier molecular flexibility index (Phi) is 7.55. The van der Waals surface area contributed by atoms with E-state index >= 15 is 0 Å². The van der Waals surface area contributed by atoms with Crippen molar-refractivity contribution in [2.24, 2.45) is 0 Å². The first-order valence-corrected chi connectivity index (χ1v) is 14.3. The lowest BCUT2D eigenvalue weighted by molar-refractivity contribution is 0.0674. The van der Waals surface area contributed by atoms with Crippen LogP contribution in [-0.2, 0) is 6.42 Å². The molecule has 6 rings (SSSR count). The van der Waals surface area contributed by atoms with Gasteiger partial charge < -0.3 is 20.4 Å². The molecule has 2 N–H and O–H groups in total. The third-order valence-corrected chi connectivity index (χ3v) is 7.96. The van der Waals surface area contributed by atoms with Crippen LogP contribution in [0, 0.1) is 5.82 Å². The number of carbonyl (C=O) groups excluding carboxylic acids is 1. The van der Waals surface area contributed by atoms with E-state index in [0.717, 1.165) is 22.5 Å². The molecule has 1 fully saturated rings. The van der Waals surface area contributed by atoms with Crippen molar-refractivity contribution in [1.29, 1.82) is 0 Å². The monoisotopic (exact) mass is 590 g/mol. The van der Waals surface area contributed by atoms with Crippen molar-refractivity contribution < 1.29 is 9.18 Å². The number of rotatable bonds is 4. The summed E-state index contributed by atoms with van der Waals surface area (Å²) in [6.45, 7) is 6.00. The Morgan fingerprint density at radius 3 is 2.54 bits per heavy atom. The molecule has 4 aromatic rings. The second-order valence-electron chi connectivity index (χ2n) is 10.6. The number of nitrogens with one attached hydrogen (secondary N) is 2. The van der Waals surface area contributed by atoms with Crippen LogP contribution in [0.3, 0.4) is 0 Å². The number of halogens is 3. The van der Waals surface area contributed by atoms with Crippen LogP contribution in [0.4, 0.5) is 27.4 Å². The molecule has 0 bridgehead atoms. The molecule has 41 heavy (non-hydrogen) atoms. The zero-order valence-corrected chi connectivity index (χ0v) is 24.2. The molecule has 0 aliphatic carbocycles. The Balaban J connectivity index is 1.28. The standard InChI is InChI=1S/C31H29Cl2FN6O/c1-18-16-39(17-19(2)36-18)30(41)20-6-9-23(10-7-20)37-31-35-15-21-12-13-40(29-25(33)4-3-5-26(29)34)27-14-22(32)8-11-24(27)28(21)38-31/h3-11,14-15,18-19,36H,12-13,16-17H2,1-2H3,(H,35,37,38). The summed E-state index contributed by atoms with van der Waals surface area (Å²) in [5.74, 6) is 0.0180. The van der Waals surface area contributed by atoms with Gasteiger partial charge in [0.15, 0.2) is 0 Å². The van der Waals surface area contributed by atoms with Crippen LogP contribution in [0.25, 0.3) is 11.3 Å². The van der Waals surface area contributed by atoms with Gasteiger partial charge in [-0.1, -0.05) is 29.3 Å². The normalized spacial score (nSPS) is 18.4. The maximum Gasteiger partial charge on any atom is 0.253 e. The molecule has 3 heterocycles. The smallest absolute Gasteiger partial charge is 0.253 e. The molecule has 2 aliphatic heterocycles. The molecule has 1 amide bonds. The van der Waals surface area contributed by atoms with Gasteiger partial charge >= 0.3 is 0 Å². The predicted octanol–water partition coefficient (Wildman–Crippen LogP) is 6.85. The number of piperazine rings is 1. The van der Waals surface area contributed by atoms with Crippen LogP contribution in [0.1, 0.15) is 29.8 Å². The van der Waals surface area contributed by atoms with Gasteiger partial charge in [0.1, 0.15) is 5.82 Å². The molecular formula is C31H29Cl2FN6O. The van der Waals surface area contributed by atoms with Gasteiger partial charge in [-0.3, -0.25) is 4.79 Å². The van der Waals surface area contributed by atoms with E-state index in [9.17, 15) is 9.18 Å². The van der Waals surface area contributed by atoms with Crippen molar-refractivity contribution >= 4 is 52.1 Å². The predicted molar refractivity (Wildman–Crippen MR) is 162 cm³/mol. The van der Waals surface area contributed by atoms with E-state index in [2.05, 4.69) is 29.5 Å². The van der Waals surface area contributed by atoms with Crippen molar-refractivity contribution in [3.05, 3.63) is 93.8 Å². The highest BCUT2D eigenvalue weighted by molar-refractivity contribution is 6.33. The summed E-state index contributed by atoms with van der Waals surface area (Å²) < 4.78 is 15.0. The summed E-state index contributed by atoms with van der Waals surface area (Å²) >= 11 is 12.9. The fourth-order valence-corrected chi connectivity index (χ4v) is 6.08. The van der Waals surface area contributed by atoms with Gasteiger partial charge in [-0.25, -0.2) is 14.4 Å². The van der Waals surface area contributed by atoms with Crippen LogP contribution >= 0.6 is 23.2 Å². The number of hydrogen-bond acceptors (Lipinski definition) is 6. The molecule has 210 valence electrons. The summed E-state index contributed by atoms with van der Waals surface area (Å²) in [4.78, 5) is 26.2. The molecule has 7 nitrogen and oxygen atoms in total. The molecule has 10 heteroatoms. The lowest BCUT2D eigenvalue weighted by Gasteiger charge is -2.36. The van der Waals surface area contributed by atoms with Crippen LogP contribution in [0.2, 0.25) is 10.0 Å². The molecule has 0 radical (unpaired) electrons. The topological polar surface area (TPSA) is 73.4 Å². The zero-order chi connectivity index (χ0) is 28.7. The summed E-state index contributed by atoms with van der Waals surface area (Å²) in [7, 11) is 0. The third-order valence-electron chi connectivity index (χ3n) is 7.42. The number of para-hydroxylation sites is 1. The van der Waals surface area contributed by atoms with E-state index < -0.39 is 5.82 Å². The largest absolute Gasteiger partial charge is 0.337 e. The molecular weight excluding hydrogens is 562 g/mol. The number of nitrogens with zero attached hydrogens (tertiary/aromatic N) is 4. The number of aromatic nitrogens is 2. The van der Waals surface area contributed by atoms with E-state index in [0.29, 0.717) is 59.0 Å². The Morgan fingerprint density at radius 1 is 1.05 bits per heavy atom. The number of fused-ring (bicyclic) bond motifs is 3. The van der Waals surface area contributed by atoms with Crippen LogP contribution in [-0.4, -0.2) is 52.5 Å². The second kappa shape index (κ2) is 11.3. The maximum atomic E-state index is 15.0. The quantitative estimate of drug-likeness (QED) is 0.271. The molecule has 1 saturated heterocycles. The van der Waals surface area contributed by atoms with E-state index in [4.69, 9.17) is 28.2 Å². The van der Waals surface area contributed by atoms with Crippen LogP contribution in [0.5, 0.6) is 0 Å². The van der Waals surface area contributed by atoms with Gasteiger partial charge in [-0.2, -0.15) is 0 Å². The summed E-state index contributed by atoms with van der Waals surface area (Å²) in [6, 6.07) is 18.0. The average molecular weight is 592 g/mol. The Hall–Kier alpha value is -3.72. The van der Waals surface area contributed by atoms with Crippen LogP contribution < -0.4 is 15.5 Å². The fourth-order valence-electron chi connectivity index (χ4n) is 5.64. The molecule has 2 unspecified atom stereocenters. The Labute approximate surface area is 248 Å². The first kappa shape index (κ1) is 27.4. The van der Waals surface area contributed by atoms with E-state index in [1.165, 1.54) is 6.07 Å². The second-order valence-corrected chi connectivity index (χ2v) is 11.4. The van der Waals surface area contributed by atoms with E-state index in [-0.39, 0.29) is 18.0 Å². The minimum atomic E-state index is -0.411. The van der Waals surface area contributed by atoms with Crippen molar-refractivity contribution in [3.8, 4) is 11.3 Å². The highest BCUT2D eigenvalue weighted by Gasteiger charge is 2.27. The summed E-state index contributed by atoms with van der Waals surface area (Å²) in [6.07, 6.45) is 2.37. The minimum Gasteiger partial charge on any atom is -0.337 e. The Morgan fingerprint density at radius 2 is 1.80 bits per heavy atom. The minimum absolute atomic E-state index is 0.0211. The zero-order valence-electron chi connectivity index (χ0n) is 22.7. The highest BCUT2D eigenvalue weighted by atomic mass is 35.5.